The number of phenols is 1. The van der Waals surface area contributed by atoms with Gasteiger partial charge in [-0.1, -0.05) is 60.7 Å². The third kappa shape index (κ3) is 2.30. The fourth-order valence-electron chi connectivity index (χ4n) is 2.60. The molecule has 0 spiro atoms. The summed E-state index contributed by atoms with van der Waals surface area (Å²) in [4.78, 5) is 0. The van der Waals surface area contributed by atoms with E-state index in [-0.39, 0.29) is 0 Å². The van der Waals surface area contributed by atoms with Crippen molar-refractivity contribution in [2.24, 2.45) is 0 Å². The van der Waals surface area contributed by atoms with Gasteiger partial charge in [-0.2, -0.15) is 0 Å². The second-order valence-electron chi connectivity index (χ2n) is 4.92. The van der Waals surface area contributed by atoms with Gasteiger partial charge in [0.2, 0.25) is 0 Å². The molecule has 0 aliphatic heterocycles. The lowest BCUT2D eigenvalue weighted by Gasteiger charge is -2.14. The lowest BCUT2D eigenvalue weighted by molar-refractivity contribution is 0.475. The first-order valence-electron chi connectivity index (χ1n) is 6.70. The van der Waals surface area contributed by atoms with Crippen LogP contribution in [-0.4, -0.2) is 5.11 Å². The van der Waals surface area contributed by atoms with Crippen LogP contribution in [0.4, 0.5) is 0 Å². The summed E-state index contributed by atoms with van der Waals surface area (Å²) in [6.07, 6.45) is 0. The van der Waals surface area contributed by atoms with Crippen molar-refractivity contribution in [3.05, 3.63) is 78.4 Å². The molecule has 20 heavy (non-hydrogen) atoms. The fourth-order valence-corrected chi connectivity index (χ4v) is 2.60. The van der Waals surface area contributed by atoms with Crippen LogP contribution < -0.4 is 0 Å². The zero-order valence-corrected chi connectivity index (χ0v) is 11.4. The van der Waals surface area contributed by atoms with Crippen LogP contribution in [0.15, 0.2) is 72.8 Å². The third-order valence-corrected chi connectivity index (χ3v) is 3.47. The zero-order valence-electron chi connectivity index (χ0n) is 11.4. The van der Waals surface area contributed by atoms with Crippen molar-refractivity contribution >= 4 is 0 Å². The molecule has 0 aliphatic carbocycles. The molecule has 0 atom stereocenters. The highest BCUT2D eigenvalue weighted by Crippen LogP contribution is 2.37. The molecule has 0 unspecified atom stereocenters. The van der Waals surface area contributed by atoms with Crippen LogP contribution in [-0.2, 0) is 0 Å². The number of benzene rings is 3. The van der Waals surface area contributed by atoms with Gasteiger partial charge in [-0.15, -0.1) is 0 Å². The maximum absolute atomic E-state index is 9.93. The zero-order chi connectivity index (χ0) is 13.9. The molecule has 1 heteroatoms. The molecule has 0 bridgehead atoms. The number of phenolic OH excluding ortho intramolecular Hbond substituents is 1. The maximum atomic E-state index is 9.93. The van der Waals surface area contributed by atoms with Gasteiger partial charge in [0.25, 0.3) is 0 Å². The predicted molar refractivity (Wildman–Crippen MR) is 83.7 cm³/mol. The van der Waals surface area contributed by atoms with E-state index in [2.05, 4.69) is 24.3 Å². The molecule has 1 nitrogen and oxygen atoms in total. The highest BCUT2D eigenvalue weighted by Gasteiger charge is 2.11. The molecule has 0 saturated carbocycles. The number of hydrogen-bond acceptors (Lipinski definition) is 1. The Morgan fingerprint density at radius 1 is 0.700 bits per heavy atom. The molecule has 3 rings (SSSR count). The van der Waals surface area contributed by atoms with E-state index in [1.54, 1.807) is 0 Å². The van der Waals surface area contributed by atoms with Crippen LogP contribution in [0.25, 0.3) is 22.3 Å². The topological polar surface area (TPSA) is 20.2 Å². The van der Waals surface area contributed by atoms with Crippen LogP contribution >= 0.6 is 0 Å². The Morgan fingerprint density at radius 3 is 1.85 bits per heavy atom. The largest absolute Gasteiger partial charge is 0.508 e. The van der Waals surface area contributed by atoms with E-state index in [1.807, 2.05) is 55.5 Å². The quantitative estimate of drug-likeness (QED) is 0.684. The first-order valence-corrected chi connectivity index (χ1v) is 6.70. The van der Waals surface area contributed by atoms with Gasteiger partial charge in [0, 0.05) is 0 Å². The van der Waals surface area contributed by atoms with Crippen LogP contribution in [0.2, 0.25) is 0 Å². The van der Waals surface area contributed by atoms with E-state index >= 15 is 0 Å². The van der Waals surface area contributed by atoms with Gasteiger partial charge in [0.05, 0.1) is 0 Å². The van der Waals surface area contributed by atoms with Gasteiger partial charge in [-0.25, -0.2) is 0 Å². The summed E-state index contributed by atoms with van der Waals surface area (Å²) in [6, 6.07) is 24.1. The number of aromatic hydroxyl groups is 1. The molecular formula is C19H16O. The molecular weight excluding hydrogens is 244 g/mol. The van der Waals surface area contributed by atoms with Gasteiger partial charge >= 0.3 is 0 Å². The Hall–Kier alpha value is -2.54. The summed E-state index contributed by atoms with van der Waals surface area (Å²) in [5, 5.41) is 9.93. The Labute approximate surface area is 119 Å². The Morgan fingerprint density at radius 2 is 1.25 bits per heavy atom. The normalized spacial score (nSPS) is 10.4. The molecule has 0 amide bonds. The van der Waals surface area contributed by atoms with Crippen LogP contribution in [0.5, 0.6) is 5.75 Å². The third-order valence-electron chi connectivity index (χ3n) is 3.47. The minimum atomic E-state index is 0.307. The molecule has 0 heterocycles. The Bertz CT molecular complexity index is 716. The molecule has 3 aromatic rings. The average molecular weight is 260 g/mol. The maximum Gasteiger partial charge on any atom is 0.116 e. The van der Waals surface area contributed by atoms with Crippen molar-refractivity contribution in [3.8, 4) is 28.0 Å². The fraction of sp³-hybridized carbons (Fsp3) is 0.0526. The SMILES string of the molecule is Cc1cc(O)cc(-c2ccccc2)c1-c1ccccc1. The lowest BCUT2D eigenvalue weighted by Crippen LogP contribution is -1.89. The summed E-state index contributed by atoms with van der Waals surface area (Å²) in [5.41, 5.74) is 5.60. The smallest absolute Gasteiger partial charge is 0.116 e. The Balaban J connectivity index is 2.29. The molecule has 0 aliphatic rings. The molecule has 0 saturated heterocycles. The van der Waals surface area contributed by atoms with Gasteiger partial charge in [0.15, 0.2) is 0 Å². The Kier molecular flexibility index (Phi) is 3.26. The number of rotatable bonds is 2. The summed E-state index contributed by atoms with van der Waals surface area (Å²) in [7, 11) is 0. The van der Waals surface area contributed by atoms with Crippen molar-refractivity contribution in [2.45, 2.75) is 6.92 Å². The second kappa shape index (κ2) is 5.22. The number of aryl methyl sites for hydroxylation is 1. The van der Waals surface area contributed by atoms with E-state index < -0.39 is 0 Å². The average Bonchev–Trinajstić information content (AvgIpc) is 2.48. The standard InChI is InChI=1S/C19H16O/c1-14-12-17(20)13-18(15-8-4-2-5-9-15)19(14)16-10-6-3-7-11-16/h2-13,20H,1H3. The lowest BCUT2D eigenvalue weighted by atomic mass is 9.91. The monoisotopic (exact) mass is 260 g/mol. The van der Waals surface area contributed by atoms with Crippen LogP contribution in [0.1, 0.15) is 5.56 Å². The van der Waals surface area contributed by atoms with Crippen molar-refractivity contribution in [1.29, 1.82) is 0 Å². The summed E-state index contributed by atoms with van der Waals surface area (Å²) in [5.74, 6) is 0.307. The van der Waals surface area contributed by atoms with E-state index in [0.717, 1.165) is 16.7 Å². The minimum Gasteiger partial charge on any atom is -0.508 e. The van der Waals surface area contributed by atoms with E-state index in [1.165, 1.54) is 11.1 Å². The van der Waals surface area contributed by atoms with Crippen LogP contribution in [0.3, 0.4) is 0 Å². The molecule has 1 N–H and O–H groups in total. The van der Waals surface area contributed by atoms with Gasteiger partial charge in [-0.3, -0.25) is 0 Å². The van der Waals surface area contributed by atoms with Gasteiger partial charge in [-0.05, 0) is 46.9 Å². The summed E-state index contributed by atoms with van der Waals surface area (Å²) < 4.78 is 0. The van der Waals surface area contributed by atoms with Crippen molar-refractivity contribution in [2.75, 3.05) is 0 Å². The van der Waals surface area contributed by atoms with Crippen LogP contribution in [0, 0.1) is 6.92 Å². The molecule has 0 fully saturated rings. The van der Waals surface area contributed by atoms with Crippen molar-refractivity contribution in [1.82, 2.24) is 0 Å². The van der Waals surface area contributed by atoms with E-state index in [9.17, 15) is 5.11 Å². The highest BCUT2D eigenvalue weighted by molar-refractivity contribution is 5.86. The van der Waals surface area contributed by atoms with Crippen molar-refractivity contribution in [3.63, 3.8) is 0 Å². The first-order chi connectivity index (χ1) is 9.75. The first kappa shape index (κ1) is 12.5. The summed E-state index contributed by atoms with van der Waals surface area (Å²) in [6.45, 7) is 2.04. The predicted octanol–water partition coefficient (Wildman–Crippen LogP) is 5.03. The molecule has 0 radical (unpaired) electrons. The van der Waals surface area contributed by atoms with E-state index in [0.29, 0.717) is 5.75 Å². The van der Waals surface area contributed by atoms with Crippen molar-refractivity contribution < 1.29 is 5.11 Å². The molecule has 98 valence electrons. The van der Waals surface area contributed by atoms with E-state index in [4.69, 9.17) is 0 Å². The molecule has 3 aromatic carbocycles. The molecule has 0 aromatic heterocycles. The second-order valence-corrected chi connectivity index (χ2v) is 4.92. The highest BCUT2D eigenvalue weighted by atomic mass is 16.3. The number of hydrogen-bond donors (Lipinski definition) is 1. The minimum absolute atomic E-state index is 0.307. The van der Waals surface area contributed by atoms with Gasteiger partial charge in [0.1, 0.15) is 5.75 Å². The summed E-state index contributed by atoms with van der Waals surface area (Å²) >= 11 is 0. The van der Waals surface area contributed by atoms with Gasteiger partial charge < -0.3 is 5.11 Å².